The van der Waals surface area contributed by atoms with Gasteiger partial charge in [0.05, 0.1) is 13.2 Å². The van der Waals surface area contributed by atoms with Crippen molar-refractivity contribution < 1.29 is 30.3 Å². The molecule has 0 bridgehead atoms. The zero-order valence-electron chi connectivity index (χ0n) is 21.8. The predicted octanol–water partition coefficient (Wildman–Crippen LogP) is 3.17. The smallest absolute Gasteiger partial charge is 0.227 e. The molecular formula is C25H39N5O6. The van der Waals surface area contributed by atoms with Crippen LogP contribution in [-0.4, -0.2) is 68.6 Å². The number of nitrogens with one attached hydrogen (secondary N) is 2. The summed E-state index contributed by atoms with van der Waals surface area (Å²) in [5, 5.41) is 18.5. The van der Waals surface area contributed by atoms with Crippen LogP contribution < -0.4 is 10.6 Å². The lowest BCUT2D eigenvalue weighted by molar-refractivity contribution is -0.132. The largest absolute Gasteiger partial charge is 0.392 e. The number of anilines is 1. The van der Waals surface area contributed by atoms with Gasteiger partial charge in [-0.05, 0) is 55.6 Å². The molecule has 0 heterocycles. The Bertz CT molecular complexity index is 848. The van der Waals surface area contributed by atoms with Crippen molar-refractivity contribution in [3.63, 3.8) is 0 Å². The number of Topliss-reactive ketones (excluding diaryl/α,β-unsaturated/α-hetero) is 2. The van der Waals surface area contributed by atoms with Crippen LogP contribution in [0.5, 0.6) is 0 Å². The zero-order valence-corrected chi connectivity index (χ0v) is 20.8. The summed E-state index contributed by atoms with van der Waals surface area (Å²) >= 11 is 0. The first-order valence-electron chi connectivity index (χ1n) is 12.9. The molecule has 3 N–H and O–H groups in total. The van der Waals surface area contributed by atoms with Gasteiger partial charge in [-0.2, -0.15) is 0 Å². The minimum atomic E-state index is -0.539. The molecule has 1 amide bonds. The highest BCUT2D eigenvalue weighted by molar-refractivity contribution is 5.95. The Balaban J connectivity index is 2.44. The SMILES string of the molecule is [3H]CCNCCCCC(CC(=O)COCC(=O)CCCOCCN=[N+]=[N-])C(=O)Nc1ccc(CO)cc1. The molecule has 1 rings (SSSR count). The molecule has 1 aromatic carbocycles. The molecule has 0 saturated carbocycles. The summed E-state index contributed by atoms with van der Waals surface area (Å²) in [5.74, 6) is -1.20. The summed E-state index contributed by atoms with van der Waals surface area (Å²) in [5.41, 5.74) is 9.49. The number of carbonyl (C=O) groups is 3. The molecule has 1 atom stereocenters. The van der Waals surface area contributed by atoms with Gasteiger partial charge in [0.2, 0.25) is 5.91 Å². The number of benzene rings is 1. The lowest BCUT2D eigenvalue weighted by atomic mass is 9.95. The first kappa shape index (κ1) is 29.4. The highest BCUT2D eigenvalue weighted by Crippen LogP contribution is 2.18. The Hall–Kier alpha value is -2.82. The summed E-state index contributed by atoms with van der Waals surface area (Å²) in [6, 6.07) is 6.84. The average Bonchev–Trinajstić information content (AvgIpc) is 2.89. The Morgan fingerprint density at radius 3 is 2.61 bits per heavy atom. The molecule has 0 aliphatic heterocycles. The molecule has 11 nitrogen and oxygen atoms in total. The number of rotatable bonds is 22. The topological polar surface area (TPSA) is 163 Å². The van der Waals surface area contributed by atoms with Gasteiger partial charge in [-0.1, -0.05) is 30.6 Å². The van der Waals surface area contributed by atoms with E-state index in [0.29, 0.717) is 45.2 Å². The summed E-state index contributed by atoms with van der Waals surface area (Å²) in [4.78, 5) is 40.0. The van der Waals surface area contributed by atoms with Crippen LogP contribution in [0, 0.1) is 5.92 Å². The van der Waals surface area contributed by atoms with E-state index in [0.717, 1.165) is 24.9 Å². The summed E-state index contributed by atoms with van der Waals surface area (Å²) in [7, 11) is 0. The zero-order chi connectivity index (χ0) is 27.1. The molecule has 1 aromatic rings. The van der Waals surface area contributed by atoms with Gasteiger partial charge in [0.25, 0.3) is 0 Å². The van der Waals surface area contributed by atoms with Gasteiger partial charge in [-0.3, -0.25) is 14.4 Å². The van der Waals surface area contributed by atoms with E-state index in [4.69, 9.17) is 16.4 Å². The molecule has 0 aliphatic rings. The molecular weight excluding hydrogens is 466 g/mol. The van der Waals surface area contributed by atoms with Gasteiger partial charge < -0.3 is 25.2 Å². The number of aliphatic hydroxyl groups excluding tert-OH is 1. The third-order valence-electron chi connectivity index (χ3n) is 5.25. The first-order chi connectivity index (χ1) is 18.0. The standard InChI is InChI=1S/C25H39N5O6/c1-2-27-12-4-3-6-21(25(34)29-22-10-8-20(17-31)9-11-22)16-24(33)19-36-18-23(32)7-5-14-35-15-13-28-30-26/h8-11,21,27,31H,2-7,12-19H2,1H3,(H,29,34)/i1T. The molecule has 0 saturated heterocycles. The van der Waals surface area contributed by atoms with E-state index in [2.05, 4.69) is 20.7 Å². The maximum Gasteiger partial charge on any atom is 0.227 e. The Labute approximate surface area is 214 Å². The van der Waals surface area contributed by atoms with Crippen molar-refractivity contribution in [2.24, 2.45) is 11.0 Å². The minimum Gasteiger partial charge on any atom is -0.392 e. The second kappa shape index (κ2) is 20.4. The van der Waals surface area contributed by atoms with Crippen molar-refractivity contribution in [3.05, 3.63) is 40.3 Å². The van der Waals surface area contributed by atoms with Gasteiger partial charge in [-0.15, -0.1) is 0 Å². The average molecular weight is 508 g/mol. The van der Waals surface area contributed by atoms with Crippen LogP contribution in [0.1, 0.15) is 52.4 Å². The van der Waals surface area contributed by atoms with E-state index >= 15 is 0 Å². The van der Waals surface area contributed by atoms with Gasteiger partial charge >= 0.3 is 0 Å². The van der Waals surface area contributed by atoms with E-state index in [-0.39, 0.29) is 56.7 Å². The highest BCUT2D eigenvalue weighted by atomic mass is 16.5. The molecule has 0 aliphatic carbocycles. The summed E-state index contributed by atoms with van der Waals surface area (Å²) < 4.78 is 17.7. The Morgan fingerprint density at radius 2 is 1.89 bits per heavy atom. The third-order valence-corrected chi connectivity index (χ3v) is 5.25. The lowest BCUT2D eigenvalue weighted by Crippen LogP contribution is -2.27. The van der Waals surface area contributed by atoms with Crippen molar-refractivity contribution in [1.29, 1.82) is 0 Å². The lowest BCUT2D eigenvalue weighted by Gasteiger charge is -2.17. The number of azide groups is 1. The van der Waals surface area contributed by atoms with Crippen LogP contribution in [0.3, 0.4) is 0 Å². The summed E-state index contributed by atoms with van der Waals surface area (Å²) in [6.07, 6.45) is 2.85. The van der Waals surface area contributed by atoms with E-state index in [1.54, 1.807) is 24.3 Å². The fourth-order valence-corrected chi connectivity index (χ4v) is 3.34. The van der Waals surface area contributed by atoms with Crippen molar-refractivity contribution in [1.82, 2.24) is 5.32 Å². The molecule has 0 fully saturated rings. The molecule has 36 heavy (non-hydrogen) atoms. The number of ketones is 2. The van der Waals surface area contributed by atoms with Crippen LogP contribution in [0.2, 0.25) is 0 Å². The van der Waals surface area contributed by atoms with E-state index in [1.807, 2.05) is 0 Å². The number of nitrogens with zero attached hydrogens (tertiary/aromatic N) is 3. The molecule has 0 aromatic heterocycles. The van der Waals surface area contributed by atoms with E-state index in [9.17, 15) is 19.5 Å². The fourth-order valence-electron chi connectivity index (χ4n) is 3.34. The van der Waals surface area contributed by atoms with Crippen LogP contribution >= 0.6 is 0 Å². The first-order valence-corrected chi connectivity index (χ1v) is 12.2. The number of unbranched alkanes of at least 4 members (excludes halogenated alkanes) is 1. The second-order valence-electron chi connectivity index (χ2n) is 8.23. The monoisotopic (exact) mass is 507 g/mol. The van der Waals surface area contributed by atoms with Crippen LogP contribution in [0.25, 0.3) is 10.4 Å². The predicted molar refractivity (Wildman–Crippen MR) is 136 cm³/mol. The van der Waals surface area contributed by atoms with Gasteiger partial charge in [0, 0.05) is 43.9 Å². The normalized spacial score (nSPS) is 11.9. The van der Waals surface area contributed by atoms with Crippen molar-refractivity contribution in [2.75, 3.05) is 51.4 Å². The number of carbonyl (C=O) groups excluding carboxylic acids is 3. The number of hydrogen-bond donors (Lipinski definition) is 3. The Kier molecular flexibility index (Phi) is 16.6. The number of hydrogen-bond acceptors (Lipinski definition) is 8. The van der Waals surface area contributed by atoms with Crippen LogP contribution in [0.4, 0.5) is 5.69 Å². The molecule has 1 unspecified atom stereocenters. The van der Waals surface area contributed by atoms with Crippen molar-refractivity contribution in [2.45, 2.75) is 52.0 Å². The molecule has 0 spiro atoms. The quantitative estimate of drug-likeness (QED) is 0.0939. The van der Waals surface area contributed by atoms with Crippen molar-refractivity contribution in [3.8, 4) is 0 Å². The molecule has 0 radical (unpaired) electrons. The number of ether oxygens (including phenoxy) is 2. The Morgan fingerprint density at radius 1 is 1.11 bits per heavy atom. The van der Waals surface area contributed by atoms with E-state index in [1.165, 1.54) is 0 Å². The summed E-state index contributed by atoms with van der Waals surface area (Å²) in [6.45, 7) is 2.07. The number of aliphatic hydroxyl groups is 1. The van der Waals surface area contributed by atoms with Crippen LogP contribution in [0.15, 0.2) is 29.4 Å². The maximum absolute atomic E-state index is 12.9. The molecule has 11 heteroatoms. The maximum atomic E-state index is 12.9. The number of amides is 1. The van der Waals surface area contributed by atoms with Gasteiger partial charge in [0.15, 0.2) is 11.6 Å². The van der Waals surface area contributed by atoms with Gasteiger partial charge in [0.1, 0.15) is 13.2 Å². The molecule has 200 valence electrons. The second-order valence-corrected chi connectivity index (χ2v) is 8.23. The van der Waals surface area contributed by atoms with E-state index < -0.39 is 5.92 Å². The van der Waals surface area contributed by atoms with Crippen molar-refractivity contribution >= 4 is 23.2 Å². The highest BCUT2D eigenvalue weighted by Gasteiger charge is 2.22. The fraction of sp³-hybridized carbons (Fsp3) is 0.640. The van der Waals surface area contributed by atoms with Gasteiger partial charge in [-0.25, -0.2) is 0 Å². The minimum absolute atomic E-state index is 0.00785. The third kappa shape index (κ3) is 15.2. The van der Waals surface area contributed by atoms with Crippen LogP contribution in [-0.2, 0) is 30.5 Å².